The molecule has 0 heterocycles. The SMILES string of the molecule is CCOC(=O)CC=Cc1cc(Br)ccc1Cl. The standard InChI is InChI=1S/C12H12BrClO2/c1-2-16-12(15)5-3-4-9-8-10(13)6-7-11(9)14/h3-4,6-8H,2,5H2,1H3. The molecule has 0 radical (unpaired) electrons. The molecular formula is C12H12BrClO2. The summed E-state index contributed by atoms with van der Waals surface area (Å²) in [6.45, 7) is 2.19. The zero-order valence-corrected chi connectivity index (χ0v) is 11.2. The molecule has 1 aromatic rings. The van der Waals surface area contributed by atoms with E-state index in [4.69, 9.17) is 16.3 Å². The molecule has 1 aromatic carbocycles. The van der Waals surface area contributed by atoms with E-state index in [9.17, 15) is 4.79 Å². The van der Waals surface area contributed by atoms with E-state index >= 15 is 0 Å². The van der Waals surface area contributed by atoms with Crippen molar-refractivity contribution in [2.75, 3.05) is 6.61 Å². The minimum absolute atomic E-state index is 0.232. The highest BCUT2D eigenvalue weighted by atomic mass is 79.9. The first-order valence-electron chi connectivity index (χ1n) is 4.90. The van der Waals surface area contributed by atoms with Gasteiger partial charge in [-0.3, -0.25) is 4.79 Å². The number of carbonyl (C=O) groups excluding carboxylic acids is 1. The summed E-state index contributed by atoms with van der Waals surface area (Å²) in [6, 6.07) is 5.56. The molecule has 2 nitrogen and oxygen atoms in total. The number of halogens is 2. The molecule has 0 aromatic heterocycles. The van der Waals surface area contributed by atoms with Crippen LogP contribution in [0.5, 0.6) is 0 Å². The summed E-state index contributed by atoms with van der Waals surface area (Å²) in [4.78, 5) is 11.1. The molecule has 0 unspecified atom stereocenters. The van der Waals surface area contributed by atoms with Crippen LogP contribution < -0.4 is 0 Å². The zero-order chi connectivity index (χ0) is 12.0. The third-order valence-electron chi connectivity index (χ3n) is 1.85. The van der Waals surface area contributed by atoms with Crippen LogP contribution in [0.4, 0.5) is 0 Å². The van der Waals surface area contributed by atoms with Crippen LogP contribution in [0.2, 0.25) is 5.02 Å². The van der Waals surface area contributed by atoms with Crippen LogP contribution in [0.3, 0.4) is 0 Å². The molecule has 0 aliphatic carbocycles. The Morgan fingerprint density at radius 2 is 2.31 bits per heavy atom. The van der Waals surface area contributed by atoms with E-state index < -0.39 is 0 Å². The predicted molar refractivity (Wildman–Crippen MR) is 69.4 cm³/mol. The van der Waals surface area contributed by atoms with Gasteiger partial charge in [0.2, 0.25) is 0 Å². The molecule has 0 bridgehead atoms. The van der Waals surface area contributed by atoms with E-state index in [1.54, 1.807) is 19.1 Å². The third kappa shape index (κ3) is 4.37. The molecule has 0 aliphatic rings. The minimum Gasteiger partial charge on any atom is -0.466 e. The van der Waals surface area contributed by atoms with Crippen LogP contribution in [-0.2, 0) is 9.53 Å². The van der Waals surface area contributed by atoms with Crippen molar-refractivity contribution in [3.63, 3.8) is 0 Å². The van der Waals surface area contributed by atoms with E-state index in [0.29, 0.717) is 11.6 Å². The van der Waals surface area contributed by atoms with Crippen molar-refractivity contribution in [1.82, 2.24) is 0 Å². The van der Waals surface area contributed by atoms with Gasteiger partial charge in [0.25, 0.3) is 0 Å². The van der Waals surface area contributed by atoms with Crippen molar-refractivity contribution in [2.24, 2.45) is 0 Å². The Morgan fingerprint density at radius 3 is 3.00 bits per heavy atom. The number of rotatable bonds is 4. The maximum atomic E-state index is 11.1. The van der Waals surface area contributed by atoms with Gasteiger partial charge in [-0.2, -0.15) is 0 Å². The summed E-state index contributed by atoms with van der Waals surface area (Å²) >= 11 is 9.34. The van der Waals surface area contributed by atoms with E-state index in [0.717, 1.165) is 10.0 Å². The van der Waals surface area contributed by atoms with Gasteiger partial charge < -0.3 is 4.74 Å². The number of esters is 1. The number of hydrogen-bond donors (Lipinski definition) is 0. The summed E-state index contributed by atoms with van der Waals surface area (Å²) in [5.74, 6) is -0.232. The number of ether oxygens (including phenoxy) is 1. The quantitative estimate of drug-likeness (QED) is 0.784. The second-order valence-electron chi connectivity index (χ2n) is 3.08. The topological polar surface area (TPSA) is 26.3 Å². The number of hydrogen-bond acceptors (Lipinski definition) is 2. The lowest BCUT2D eigenvalue weighted by Crippen LogP contribution is -2.01. The van der Waals surface area contributed by atoms with Crippen molar-refractivity contribution in [1.29, 1.82) is 0 Å². The van der Waals surface area contributed by atoms with Crippen LogP contribution in [0.15, 0.2) is 28.7 Å². The highest BCUT2D eigenvalue weighted by Crippen LogP contribution is 2.22. The van der Waals surface area contributed by atoms with Crippen LogP contribution in [0.1, 0.15) is 18.9 Å². The molecule has 0 atom stereocenters. The molecule has 0 aliphatic heterocycles. The molecule has 0 saturated carbocycles. The van der Waals surface area contributed by atoms with Gasteiger partial charge in [0.15, 0.2) is 0 Å². The van der Waals surface area contributed by atoms with E-state index in [1.807, 2.05) is 18.2 Å². The minimum atomic E-state index is -0.232. The summed E-state index contributed by atoms with van der Waals surface area (Å²) in [5.41, 5.74) is 0.875. The first-order chi connectivity index (χ1) is 7.63. The second-order valence-corrected chi connectivity index (χ2v) is 4.40. The Morgan fingerprint density at radius 1 is 1.56 bits per heavy atom. The fourth-order valence-corrected chi connectivity index (χ4v) is 1.70. The zero-order valence-electron chi connectivity index (χ0n) is 8.87. The van der Waals surface area contributed by atoms with Gasteiger partial charge in [-0.1, -0.05) is 39.7 Å². The number of carbonyl (C=O) groups is 1. The van der Waals surface area contributed by atoms with Crippen molar-refractivity contribution in [3.05, 3.63) is 39.3 Å². The molecule has 1 rings (SSSR count). The Hall–Kier alpha value is -0.800. The molecule has 0 N–H and O–H groups in total. The summed E-state index contributed by atoms with van der Waals surface area (Å²) in [6.07, 6.45) is 3.81. The van der Waals surface area contributed by atoms with Crippen molar-refractivity contribution in [3.8, 4) is 0 Å². The lowest BCUT2D eigenvalue weighted by molar-refractivity contribution is -0.142. The fraction of sp³-hybridized carbons (Fsp3) is 0.250. The predicted octanol–water partition coefficient (Wildman–Crippen LogP) is 4.07. The monoisotopic (exact) mass is 302 g/mol. The summed E-state index contributed by atoms with van der Waals surface area (Å²) in [7, 11) is 0. The van der Waals surface area contributed by atoms with Gasteiger partial charge >= 0.3 is 5.97 Å². The van der Waals surface area contributed by atoms with Crippen LogP contribution in [0, 0.1) is 0 Å². The van der Waals surface area contributed by atoms with Gasteiger partial charge in [0.1, 0.15) is 0 Å². The van der Waals surface area contributed by atoms with Gasteiger partial charge in [-0.15, -0.1) is 0 Å². The van der Waals surface area contributed by atoms with Gasteiger partial charge in [0, 0.05) is 9.50 Å². The first-order valence-corrected chi connectivity index (χ1v) is 6.07. The molecule has 4 heteroatoms. The second kappa shape index (κ2) is 6.71. The Labute approximate surface area is 108 Å². The van der Waals surface area contributed by atoms with Crippen LogP contribution in [-0.4, -0.2) is 12.6 Å². The van der Waals surface area contributed by atoms with Crippen molar-refractivity contribution >= 4 is 39.6 Å². The van der Waals surface area contributed by atoms with Crippen LogP contribution >= 0.6 is 27.5 Å². The lowest BCUT2D eigenvalue weighted by atomic mass is 10.2. The van der Waals surface area contributed by atoms with Gasteiger partial charge in [0.05, 0.1) is 13.0 Å². The van der Waals surface area contributed by atoms with Crippen LogP contribution in [0.25, 0.3) is 6.08 Å². The highest BCUT2D eigenvalue weighted by molar-refractivity contribution is 9.10. The molecule has 0 amide bonds. The molecule has 0 saturated heterocycles. The van der Waals surface area contributed by atoms with Gasteiger partial charge in [-0.05, 0) is 30.7 Å². The lowest BCUT2D eigenvalue weighted by Gasteiger charge is -1.99. The maximum Gasteiger partial charge on any atom is 0.309 e. The average Bonchev–Trinajstić information content (AvgIpc) is 2.23. The fourth-order valence-electron chi connectivity index (χ4n) is 1.14. The molecular weight excluding hydrogens is 291 g/mol. The normalized spacial score (nSPS) is 10.7. The van der Waals surface area contributed by atoms with Gasteiger partial charge in [-0.25, -0.2) is 0 Å². The molecule has 0 spiro atoms. The van der Waals surface area contributed by atoms with E-state index in [2.05, 4.69) is 15.9 Å². The number of benzene rings is 1. The van der Waals surface area contributed by atoms with Crippen molar-refractivity contribution in [2.45, 2.75) is 13.3 Å². The largest absolute Gasteiger partial charge is 0.466 e. The smallest absolute Gasteiger partial charge is 0.309 e. The average molecular weight is 304 g/mol. The molecule has 86 valence electrons. The van der Waals surface area contributed by atoms with E-state index in [1.165, 1.54) is 0 Å². The Balaban J connectivity index is 2.62. The summed E-state index contributed by atoms with van der Waals surface area (Å²) in [5, 5.41) is 0.656. The molecule has 0 fully saturated rings. The third-order valence-corrected chi connectivity index (χ3v) is 2.68. The maximum absolute atomic E-state index is 11.1. The Bertz CT molecular complexity index is 402. The molecule has 16 heavy (non-hydrogen) atoms. The Kier molecular flexibility index (Phi) is 5.56. The first kappa shape index (κ1) is 13.3. The van der Waals surface area contributed by atoms with Crippen molar-refractivity contribution < 1.29 is 9.53 Å². The highest BCUT2D eigenvalue weighted by Gasteiger charge is 1.99. The van der Waals surface area contributed by atoms with E-state index in [-0.39, 0.29) is 12.4 Å². The summed E-state index contributed by atoms with van der Waals surface area (Å²) < 4.78 is 5.75.